The number of fused-ring (bicyclic) bond motifs is 8. The molecule has 2 fully saturated rings. The number of para-hydroxylation sites is 1. The van der Waals surface area contributed by atoms with Gasteiger partial charge in [-0.25, -0.2) is 39.5 Å². The number of urea groups is 1. The highest BCUT2D eigenvalue weighted by Crippen LogP contribution is 2.42. The molecule has 4 bridgehead atoms. The van der Waals surface area contributed by atoms with E-state index in [9.17, 15) is 9.59 Å². The number of hydrogen-bond acceptors (Lipinski definition) is 14. The monoisotopic (exact) mass is 868 g/mol. The fourth-order valence-corrected chi connectivity index (χ4v) is 8.23. The van der Waals surface area contributed by atoms with Crippen LogP contribution in [0.3, 0.4) is 0 Å². The van der Waals surface area contributed by atoms with E-state index in [1.54, 1.807) is 72.0 Å². The van der Waals surface area contributed by atoms with Gasteiger partial charge in [-0.05, 0) is 101 Å². The second-order valence-corrected chi connectivity index (χ2v) is 16.0. The van der Waals surface area contributed by atoms with Gasteiger partial charge in [0.2, 0.25) is 0 Å². The summed E-state index contributed by atoms with van der Waals surface area (Å²) in [6, 6.07) is 27.8. The van der Waals surface area contributed by atoms with E-state index in [1.807, 2.05) is 69.4 Å². The van der Waals surface area contributed by atoms with Gasteiger partial charge in [-0.3, -0.25) is 25.5 Å². The molecule has 0 radical (unpaired) electrons. The first-order valence-electron chi connectivity index (χ1n) is 21.5. The third kappa shape index (κ3) is 9.63. The Labute approximate surface area is 376 Å². The molecule has 65 heavy (non-hydrogen) atoms. The van der Waals surface area contributed by atoms with Crippen molar-refractivity contribution in [2.45, 2.75) is 52.6 Å². The number of benzene rings is 1. The van der Waals surface area contributed by atoms with Gasteiger partial charge in [-0.15, -0.1) is 0 Å². The zero-order valence-electron chi connectivity index (χ0n) is 36.5. The van der Waals surface area contributed by atoms with Gasteiger partial charge in [0.25, 0.3) is 0 Å². The van der Waals surface area contributed by atoms with Crippen molar-refractivity contribution in [3.8, 4) is 28.5 Å². The molecular formula is C48H48N14O3. The fourth-order valence-electron chi connectivity index (χ4n) is 8.23. The van der Waals surface area contributed by atoms with Crippen LogP contribution < -0.4 is 35.4 Å². The molecule has 17 heteroatoms. The number of nitrogens with one attached hydrogen (secondary N) is 3. The highest BCUT2D eigenvalue weighted by molar-refractivity contribution is 6.04. The third-order valence-corrected chi connectivity index (χ3v) is 11.3. The van der Waals surface area contributed by atoms with E-state index < -0.39 is 6.09 Å². The molecule has 3 amide bonds. The van der Waals surface area contributed by atoms with Crippen molar-refractivity contribution in [1.82, 2.24) is 39.9 Å². The summed E-state index contributed by atoms with van der Waals surface area (Å²) in [7, 11) is 0. The molecule has 0 saturated carbocycles. The summed E-state index contributed by atoms with van der Waals surface area (Å²) in [6.07, 6.45) is 8.39. The molecule has 3 N–H and O–H groups in total. The van der Waals surface area contributed by atoms with Crippen molar-refractivity contribution < 1.29 is 14.3 Å². The molecule has 328 valence electrons. The SMILES string of the molecule is Cc1ccc(-c2nc(C)c3c(n2)N(C(=O)Nc2ccccn2)[C@H]2CCN3C2)cn1.Cc1ccc(-c2nc(C)c3c(n2)N[C@H]2CCN3C2)cn1.O=C(Nc1ccccn1)Oc1ccccc1. The first-order valence-corrected chi connectivity index (χ1v) is 21.5. The Hall–Kier alpha value is -8.08. The maximum absolute atomic E-state index is 13.2. The van der Waals surface area contributed by atoms with Gasteiger partial charge in [-0.1, -0.05) is 30.3 Å². The Morgan fingerprint density at radius 1 is 0.631 bits per heavy atom. The Bertz CT molecular complexity index is 2740. The fraction of sp³-hybridized carbons (Fsp3) is 0.250. The summed E-state index contributed by atoms with van der Waals surface area (Å²) in [5, 5.41) is 8.96. The summed E-state index contributed by atoms with van der Waals surface area (Å²) < 4.78 is 5.03. The number of nitrogens with zero attached hydrogens (tertiary/aromatic N) is 11. The molecule has 7 aromatic rings. The van der Waals surface area contributed by atoms with E-state index in [4.69, 9.17) is 19.7 Å². The van der Waals surface area contributed by atoms with Crippen LogP contribution in [-0.4, -0.2) is 90.3 Å². The van der Waals surface area contributed by atoms with E-state index in [0.29, 0.717) is 35.1 Å². The molecule has 2 atom stereocenters. The molecule has 17 nitrogen and oxygen atoms in total. The van der Waals surface area contributed by atoms with Crippen LogP contribution in [-0.2, 0) is 0 Å². The number of rotatable bonds is 5. The summed E-state index contributed by atoms with van der Waals surface area (Å²) in [5.74, 6) is 4.43. The molecule has 1 aromatic carbocycles. The lowest BCUT2D eigenvalue weighted by molar-refractivity contribution is 0.215. The number of amides is 3. The maximum Gasteiger partial charge on any atom is 0.418 e. The second-order valence-electron chi connectivity index (χ2n) is 16.0. The minimum Gasteiger partial charge on any atom is -0.410 e. The highest BCUT2D eigenvalue weighted by atomic mass is 16.6. The molecule has 11 rings (SSSR count). The Morgan fingerprint density at radius 2 is 1.23 bits per heavy atom. The summed E-state index contributed by atoms with van der Waals surface area (Å²) >= 11 is 0. The molecule has 0 spiro atoms. The number of pyridine rings is 4. The van der Waals surface area contributed by atoms with Gasteiger partial charge < -0.3 is 19.9 Å². The number of carbonyl (C=O) groups is 2. The number of aryl methyl sites for hydroxylation is 4. The van der Waals surface area contributed by atoms with Crippen LogP contribution in [0, 0.1) is 27.7 Å². The Morgan fingerprint density at radius 3 is 1.86 bits per heavy atom. The largest absolute Gasteiger partial charge is 0.418 e. The van der Waals surface area contributed by atoms with Crippen molar-refractivity contribution in [2.24, 2.45) is 0 Å². The molecule has 4 aliphatic rings. The highest BCUT2D eigenvalue weighted by Gasteiger charge is 2.42. The maximum atomic E-state index is 13.2. The number of anilines is 6. The average molecular weight is 869 g/mol. The lowest BCUT2D eigenvalue weighted by Gasteiger charge is -2.36. The second kappa shape index (κ2) is 18.7. The predicted octanol–water partition coefficient (Wildman–Crippen LogP) is 8.03. The third-order valence-electron chi connectivity index (χ3n) is 11.3. The molecule has 0 unspecified atom stereocenters. The van der Waals surface area contributed by atoms with E-state index in [-0.39, 0.29) is 12.1 Å². The first-order chi connectivity index (χ1) is 31.6. The summed E-state index contributed by atoms with van der Waals surface area (Å²) in [4.78, 5) is 66.8. The van der Waals surface area contributed by atoms with Gasteiger partial charge in [0.15, 0.2) is 23.3 Å². The van der Waals surface area contributed by atoms with Crippen molar-refractivity contribution in [1.29, 1.82) is 0 Å². The molecular weight excluding hydrogens is 821 g/mol. The number of ether oxygens (including phenoxy) is 1. The normalized spacial score (nSPS) is 16.1. The van der Waals surface area contributed by atoms with Gasteiger partial charge in [0.1, 0.15) is 28.8 Å². The molecule has 4 aliphatic heterocycles. The molecule has 10 heterocycles. The standard InChI is InChI=1S/C21H21N7O.C15H17N5.C12H10N2O2/c1-13-6-7-15(11-23-13)19-24-14(2)18-20(26-19)28(16-8-10-27(18)12-16)21(29)25-17-5-3-4-9-22-17;1-9-3-4-11(7-16-9)14-17-10(2)13-15(19-14)18-12-5-6-20(13)8-12;15-12(14-11-8-4-5-9-13-11)16-10-6-2-1-3-7-10/h3-7,9,11,16H,8,10,12H2,1-2H3,(H,22,25,29);3-4,7,12H,5-6,8H2,1-2H3,(H,17,18,19);1-9H,(H,13,14,15)/t16-;12-;/m00./s1. The summed E-state index contributed by atoms with van der Waals surface area (Å²) in [6.45, 7) is 11.8. The minimum absolute atomic E-state index is 0.0736. The lowest BCUT2D eigenvalue weighted by Crippen LogP contribution is -2.48. The number of carbonyl (C=O) groups excluding carboxylic acids is 2. The number of hydrogen-bond donors (Lipinski definition) is 3. The van der Waals surface area contributed by atoms with E-state index in [0.717, 1.165) is 83.8 Å². The topological polar surface area (TPSA) is 192 Å². The predicted molar refractivity (Wildman–Crippen MR) is 250 cm³/mol. The van der Waals surface area contributed by atoms with Crippen LogP contribution in [0.1, 0.15) is 35.6 Å². The van der Waals surface area contributed by atoms with E-state index >= 15 is 0 Å². The zero-order valence-corrected chi connectivity index (χ0v) is 36.5. The van der Waals surface area contributed by atoms with Gasteiger partial charge in [0.05, 0.1) is 17.4 Å². The molecule has 6 aromatic heterocycles. The van der Waals surface area contributed by atoms with Crippen molar-refractivity contribution in [3.63, 3.8) is 0 Å². The van der Waals surface area contributed by atoms with Crippen LogP contribution in [0.2, 0.25) is 0 Å². The molecule has 0 aliphatic carbocycles. The van der Waals surface area contributed by atoms with Crippen molar-refractivity contribution >= 4 is 46.8 Å². The number of aromatic nitrogens is 8. The van der Waals surface area contributed by atoms with Crippen LogP contribution in [0.4, 0.5) is 44.2 Å². The van der Waals surface area contributed by atoms with Crippen LogP contribution >= 0.6 is 0 Å². The smallest absolute Gasteiger partial charge is 0.410 e. The van der Waals surface area contributed by atoms with Gasteiger partial charge in [-0.2, -0.15) is 0 Å². The zero-order chi connectivity index (χ0) is 44.9. The van der Waals surface area contributed by atoms with Gasteiger partial charge in [0, 0.05) is 79.5 Å². The van der Waals surface area contributed by atoms with Crippen LogP contribution in [0.5, 0.6) is 5.75 Å². The van der Waals surface area contributed by atoms with Crippen LogP contribution in [0.15, 0.2) is 116 Å². The van der Waals surface area contributed by atoms with E-state index in [1.165, 1.54) is 12.1 Å². The lowest BCUT2D eigenvalue weighted by atomic mass is 10.1. The quantitative estimate of drug-likeness (QED) is 0.151. The minimum atomic E-state index is -0.551. The van der Waals surface area contributed by atoms with Crippen LogP contribution in [0.25, 0.3) is 22.8 Å². The van der Waals surface area contributed by atoms with E-state index in [2.05, 4.69) is 57.6 Å². The first kappa shape index (κ1) is 42.2. The summed E-state index contributed by atoms with van der Waals surface area (Å²) in [5.41, 5.74) is 7.74. The van der Waals surface area contributed by atoms with Crippen molar-refractivity contribution in [3.05, 3.63) is 139 Å². The average Bonchev–Trinajstić information content (AvgIpc) is 3.90. The Kier molecular flexibility index (Phi) is 12.2. The molecule has 2 saturated heterocycles. The Balaban J connectivity index is 0.000000130. The van der Waals surface area contributed by atoms with Gasteiger partial charge >= 0.3 is 12.1 Å². The van der Waals surface area contributed by atoms with Crippen molar-refractivity contribution in [2.75, 3.05) is 56.8 Å².